The lowest BCUT2D eigenvalue weighted by atomic mass is 10.0. The summed E-state index contributed by atoms with van der Waals surface area (Å²) in [6, 6.07) is 1.59. The molecule has 0 heterocycles. The fraction of sp³-hybridized carbons (Fsp3) is 0.500. The third-order valence-electron chi connectivity index (χ3n) is 2.95. The van der Waals surface area contributed by atoms with Crippen LogP contribution in [-0.2, 0) is 9.53 Å². The minimum Gasteiger partial charge on any atom is -0.496 e. The highest BCUT2D eigenvalue weighted by molar-refractivity contribution is 5.83. The highest BCUT2D eigenvalue weighted by Crippen LogP contribution is 2.38. The average molecular weight is 341 g/mol. The van der Waals surface area contributed by atoms with Crippen molar-refractivity contribution >= 4 is 12.1 Å². The van der Waals surface area contributed by atoms with E-state index in [1.165, 1.54) is 33.5 Å². The fourth-order valence-corrected chi connectivity index (χ4v) is 2.00. The van der Waals surface area contributed by atoms with Gasteiger partial charge in [-0.1, -0.05) is 0 Å². The summed E-state index contributed by atoms with van der Waals surface area (Å²) in [4.78, 5) is 23.6. The smallest absolute Gasteiger partial charge is 0.408 e. The monoisotopic (exact) mass is 341 g/mol. The van der Waals surface area contributed by atoms with Crippen molar-refractivity contribution in [2.45, 2.75) is 32.4 Å². The van der Waals surface area contributed by atoms with Crippen molar-refractivity contribution in [2.75, 3.05) is 21.3 Å². The highest BCUT2D eigenvalue weighted by Gasteiger charge is 2.31. The Morgan fingerprint density at radius 1 is 1.04 bits per heavy atom. The van der Waals surface area contributed by atoms with Crippen LogP contribution in [0.4, 0.5) is 4.79 Å². The molecule has 0 bridgehead atoms. The molecule has 2 N–H and O–H groups in total. The quantitative estimate of drug-likeness (QED) is 0.818. The number of amides is 1. The van der Waals surface area contributed by atoms with Crippen molar-refractivity contribution in [2.24, 2.45) is 0 Å². The second-order valence-corrected chi connectivity index (χ2v) is 5.86. The van der Waals surface area contributed by atoms with Gasteiger partial charge in [0.25, 0.3) is 0 Å². The van der Waals surface area contributed by atoms with Gasteiger partial charge in [-0.25, -0.2) is 9.59 Å². The molecule has 1 aromatic carbocycles. The Morgan fingerprint density at radius 2 is 1.54 bits per heavy atom. The number of carboxylic acid groups (broad SMARTS) is 1. The lowest BCUT2D eigenvalue weighted by Gasteiger charge is -2.24. The number of aliphatic carboxylic acids is 1. The molecule has 8 nitrogen and oxygen atoms in total. The Morgan fingerprint density at radius 3 is 1.88 bits per heavy atom. The summed E-state index contributed by atoms with van der Waals surface area (Å²) in [5.41, 5.74) is -0.611. The highest BCUT2D eigenvalue weighted by atomic mass is 16.6. The molecule has 0 aliphatic rings. The van der Waals surface area contributed by atoms with E-state index in [0.717, 1.165) is 0 Å². The second-order valence-electron chi connectivity index (χ2n) is 5.86. The number of hydrogen-bond donors (Lipinski definition) is 2. The predicted octanol–water partition coefficient (Wildman–Crippen LogP) is 2.36. The van der Waals surface area contributed by atoms with Crippen LogP contribution < -0.4 is 19.5 Å². The summed E-state index contributed by atoms with van der Waals surface area (Å²) in [5, 5.41) is 11.8. The molecule has 0 radical (unpaired) electrons. The number of nitrogens with one attached hydrogen (secondary N) is 1. The number of carboxylic acids is 1. The maximum Gasteiger partial charge on any atom is 0.408 e. The Hall–Kier alpha value is -2.64. The van der Waals surface area contributed by atoms with Gasteiger partial charge in [0.05, 0.1) is 26.9 Å². The first-order valence-corrected chi connectivity index (χ1v) is 7.15. The van der Waals surface area contributed by atoms with Crippen molar-refractivity contribution in [1.29, 1.82) is 0 Å². The minimum absolute atomic E-state index is 0.152. The van der Waals surface area contributed by atoms with Crippen LogP contribution in [0, 0.1) is 0 Å². The average Bonchev–Trinajstić information content (AvgIpc) is 2.49. The molecule has 0 unspecified atom stereocenters. The topological polar surface area (TPSA) is 103 Å². The Kier molecular flexibility index (Phi) is 6.27. The summed E-state index contributed by atoms with van der Waals surface area (Å²) in [6.07, 6.45) is -0.866. The molecular formula is C16H23NO7. The van der Waals surface area contributed by atoms with Gasteiger partial charge in [0, 0.05) is 12.1 Å². The summed E-state index contributed by atoms with van der Waals surface area (Å²) >= 11 is 0. The summed E-state index contributed by atoms with van der Waals surface area (Å²) in [6.45, 7) is 5.03. The molecule has 0 aliphatic heterocycles. The number of rotatable bonds is 6. The largest absolute Gasteiger partial charge is 0.496 e. The molecule has 0 spiro atoms. The molecule has 134 valence electrons. The van der Waals surface area contributed by atoms with E-state index in [1.54, 1.807) is 20.8 Å². The van der Waals surface area contributed by atoms with Crippen LogP contribution in [0.5, 0.6) is 17.2 Å². The molecular weight excluding hydrogens is 318 g/mol. The van der Waals surface area contributed by atoms with E-state index in [2.05, 4.69) is 5.32 Å². The number of carbonyl (C=O) groups excluding carboxylic acids is 1. The van der Waals surface area contributed by atoms with Gasteiger partial charge in [0.2, 0.25) is 0 Å². The number of hydrogen-bond acceptors (Lipinski definition) is 6. The zero-order valence-electron chi connectivity index (χ0n) is 14.6. The fourth-order valence-electron chi connectivity index (χ4n) is 2.00. The number of carbonyl (C=O) groups is 2. The van der Waals surface area contributed by atoms with Crippen molar-refractivity contribution < 1.29 is 33.6 Å². The summed E-state index contributed by atoms with van der Waals surface area (Å²) < 4.78 is 20.7. The number of methoxy groups -OCH3 is 3. The Labute approximate surface area is 140 Å². The summed E-state index contributed by atoms with van der Waals surface area (Å²) in [5.74, 6) is -0.458. The van der Waals surface area contributed by atoms with E-state index in [0.29, 0.717) is 5.75 Å². The number of benzene rings is 1. The van der Waals surface area contributed by atoms with Crippen LogP contribution in [0.3, 0.4) is 0 Å². The van der Waals surface area contributed by atoms with Crippen LogP contribution in [0.25, 0.3) is 0 Å². The molecule has 0 fully saturated rings. The van der Waals surface area contributed by atoms with E-state index < -0.39 is 23.7 Å². The number of ether oxygens (including phenoxy) is 4. The van der Waals surface area contributed by atoms with Crippen molar-refractivity contribution in [3.8, 4) is 17.2 Å². The van der Waals surface area contributed by atoms with Crippen molar-refractivity contribution in [1.82, 2.24) is 5.32 Å². The molecule has 0 saturated carbocycles. The SMILES string of the molecule is COc1cc(OC)c([C@@H](NC(=O)OC(C)(C)C)C(=O)O)c(OC)c1. The minimum atomic E-state index is -1.42. The van der Waals surface area contributed by atoms with Crippen molar-refractivity contribution in [3.63, 3.8) is 0 Å². The first kappa shape index (κ1) is 19.4. The van der Waals surface area contributed by atoms with E-state index in [9.17, 15) is 14.7 Å². The maximum absolute atomic E-state index is 12.0. The predicted molar refractivity (Wildman–Crippen MR) is 85.8 cm³/mol. The van der Waals surface area contributed by atoms with Crippen LogP contribution in [-0.4, -0.2) is 44.1 Å². The van der Waals surface area contributed by atoms with Crippen LogP contribution in [0.15, 0.2) is 12.1 Å². The Balaban J connectivity index is 3.30. The van der Waals surface area contributed by atoms with Gasteiger partial charge in [-0.2, -0.15) is 0 Å². The third-order valence-corrected chi connectivity index (χ3v) is 2.95. The lowest BCUT2D eigenvalue weighted by molar-refractivity contribution is -0.139. The normalized spacial score (nSPS) is 12.1. The maximum atomic E-state index is 12.0. The first-order valence-electron chi connectivity index (χ1n) is 7.15. The Bertz CT molecular complexity index is 582. The summed E-state index contributed by atoms with van der Waals surface area (Å²) in [7, 11) is 4.22. The van der Waals surface area contributed by atoms with E-state index >= 15 is 0 Å². The third kappa shape index (κ3) is 4.94. The molecule has 0 saturated heterocycles. The molecule has 1 rings (SSSR count). The zero-order chi connectivity index (χ0) is 18.5. The number of alkyl carbamates (subject to hydrolysis) is 1. The molecule has 1 aromatic rings. The molecule has 8 heteroatoms. The molecule has 24 heavy (non-hydrogen) atoms. The van der Waals surface area contributed by atoms with Crippen LogP contribution in [0.1, 0.15) is 32.4 Å². The molecule has 1 amide bonds. The van der Waals surface area contributed by atoms with Gasteiger partial charge in [-0.05, 0) is 20.8 Å². The van der Waals surface area contributed by atoms with Gasteiger partial charge in [-0.3, -0.25) is 0 Å². The van der Waals surface area contributed by atoms with Gasteiger partial charge in [0.15, 0.2) is 6.04 Å². The van der Waals surface area contributed by atoms with Crippen LogP contribution in [0.2, 0.25) is 0 Å². The van der Waals surface area contributed by atoms with E-state index in [-0.39, 0.29) is 17.1 Å². The first-order chi connectivity index (χ1) is 11.1. The van der Waals surface area contributed by atoms with Gasteiger partial charge >= 0.3 is 12.1 Å². The van der Waals surface area contributed by atoms with Crippen LogP contribution >= 0.6 is 0 Å². The molecule has 0 aliphatic carbocycles. The standard InChI is InChI=1S/C16H23NO7/c1-16(2,3)24-15(20)17-13(14(18)19)12-10(22-5)7-9(21-4)8-11(12)23-6/h7-8,13H,1-6H3,(H,17,20)(H,18,19)/t13-/m1/s1. The van der Waals surface area contributed by atoms with Gasteiger partial charge in [-0.15, -0.1) is 0 Å². The zero-order valence-corrected chi connectivity index (χ0v) is 14.6. The van der Waals surface area contributed by atoms with E-state index in [1.807, 2.05) is 0 Å². The molecule has 0 aromatic heterocycles. The lowest BCUT2D eigenvalue weighted by Crippen LogP contribution is -2.38. The van der Waals surface area contributed by atoms with Gasteiger partial charge < -0.3 is 29.4 Å². The van der Waals surface area contributed by atoms with Crippen molar-refractivity contribution in [3.05, 3.63) is 17.7 Å². The second kappa shape index (κ2) is 7.76. The molecule has 1 atom stereocenters. The van der Waals surface area contributed by atoms with Gasteiger partial charge in [0.1, 0.15) is 22.8 Å². The van der Waals surface area contributed by atoms with E-state index in [4.69, 9.17) is 18.9 Å².